The predicted molar refractivity (Wildman–Crippen MR) is 107 cm³/mol. The van der Waals surface area contributed by atoms with Crippen molar-refractivity contribution in [1.29, 1.82) is 0 Å². The summed E-state index contributed by atoms with van der Waals surface area (Å²) in [6.45, 7) is 3.89. The van der Waals surface area contributed by atoms with E-state index in [1.54, 1.807) is 24.3 Å². The fourth-order valence-corrected chi connectivity index (χ4v) is 2.86. The maximum atomic E-state index is 12.8. The zero-order valence-electron chi connectivity index (χ0n) is 15.1. The molecule has 0 spiro atoms. The zero-order valence-corrected chi connectivity index (χ0v) is 15.9. The number of imidazole rings is 1. The number of rotatable bonds is 6. The Morgan fingerprint density at radius 1 is 1.15 bits per heavy atom. The molecule has 0 saturated heterocycles. The highest BCUT2D eigenvalue weighted by molar-refractivity contribution is 6.30. The van der Waals surface area contributed by atoms with Crippen LogP contribution >= 0.6 is 11.6 Å². The van der Waals surface area contributed by atoms with E-state index in [1.165, 1.54) is 0 Å². The van der Waals surface area contributed by atoms with Crippen molar-refractivity contribution in [3.8, 4) is 0 Å². The molecular weight excluding hydrogens is 364 g/mol. The highest BCUT2D eigenvalue weighted by Crippen LogP contribution is 2.16. The molecule has 3 N–H and O–H groups in total. The molecule has 1 heterocycles. The van der Waals surface area contributed by atoms with Crippen LogP contribution in [-0.4, -0.2) is 27.8 Å². The molecule has 2 atom stereocenters. The summed E-state index contributed by atoms with van der Waals surface area (Å²) in [4.78, 5) is 32.7. The van der Waals surface area contributed by atoms with E-state index < -0.39 is 6.04 Å². The largest absolute Gasteiger partial charge is 0.340 e. The van der Waals surface area contributed by atoms with Gasteiger partial charge in [-0.15, -0.1) is 0 Å². The van der Waals surface area contributed by atoms with Crippen molar-refractivity contribution in [2.45, 2.75) is 26.3 Å². The average Bonchev–Trinajstić information content (AvgIpc) is 3.07. The molecular formula is C20H21ClN4O2. The number of benzene rings is 2. The summed E-state index contributed by atoms with van der Waals surface area (Å²) >= 11 is 5.86. The lowest BCUT2D eigenvalue weighted by molar-refractivity contribution is -0.119. The maximum absolute atomic E-state index is 12.8. The second-order valence-corrected chi connectivity index (χ2v) is 6.87. The fraction of sp³-hybridized carbons (Fsp3) is 0.250. The van der Waals surface area contributed by atoms with Crippen LogP contribution in [0.25, 0.3) is 11.0 Å². The van der Waals surface area contributed by atoms with Gasteiger partial charge in [0.25, 0.3) is 5.91 Å². The number of nitrogens with zero attached hydrogens (tertiary/aromatic N) is 1. The second kappa shape index (κ2) is 8.22. The Balaban J connectivity index is 1.75. The monoisotopic (exact) mass is 384 g/mol. The van der Waals surface area contributed by atoms with E-state index in [-0.39, 0.29) is 17.7 Å². The van der Waals surface area contributed by atoms with Crippen LogP contribution in [0.1, 0.15) is 30.6 Å². The molecule has 2 aromatic carbocycles. The summed E-state index contributed by atoms with van der Waals surface area (Å²) in [6.07, 6.45) is 0.735. The molecule has 3 aromatic rings. The molecule has 7 heteroatoms. The van der Waals surface area contributed by atoms with Crippen molar-refractivity contribution in [2.24, 2.45) is 5.92 Å². The van der Waals surface area contributed by atoms with Gasteiger partial charge in [-0.1, -0.05) is 44.0 Å². The normalized spacial score (nSPS) is 13.1. The average molecular weight is 385 g/mol. The highest BCUT2D eigenvalue weighted by atomic mass is 35.5. The Labute approximate surface area is 162 Å². The molecule has 3 rings (SSSR count). The molecule has 0 radical (unpaired) electrons. The molecule has 0 aliphatic carbocycles. The lowest BCUT2D eigenvalue weighted by Gasteiger charge is -2.23. The number of nitrogens with one attached hydrogen (secondary N) is 3. The number of carbonyl (C=O) groups excluding carboxylic acids is 2. The van der Waals surface area contributed by atoms with E-state index >= 15 is 0 Å². The van der Waals surface area contributed by atoms with Gasteiger partial charge in [-0.05, 0) is 42.3 Å². The lowest BCUT2D eigenvalue weighted by atomic mass is 9.98. The highest BCUT2D eigenvalue weighted by Gasteiger charge is 2.27. The minimum absolute atomic E-state index is 0.0503. The Bertz CT molecular complexity index is 919. The third-order valence-electron chi connectivity index (χ3n) is 4.52. The van der Waals surface area contributed by atoms with Crippen LogP contribution in [0.3, 0.4) is 0 Å². The number of hydrogen-bond acceptors (Lipinski definition) is 3. The Morgan fingerprint density at radius 2 is 1.85 bits per heavy atom. The van der Waals surface area contributed by atoms with Gasteiger partial charge in [0.2, 0.25) is 11.9 Å². The molecule has 2 amide bonds. The van der Waals surface area contributed by atoms with Crippen LogP contribution < -0.4 is 10.6 Å². The van der Waals surface area contributed by atoms with Crippen LogP contribution in [0.5, 0.6) is 0 Å². The molecule has 1 aromatic heterocycles. The molecule has 6 nitrogen and oxygen atoms in total. The lowest BCUT2D eigenvalue weighted by Crippen LogP contribution is -2.47. The van der Waals surface area contributed by atoms with E-state index in [0.29, 0.717) is 16.5 Å². The van der Waals surface area contributed by atoms with Gasteiger partial charge < -0.3 is 10.3 Å². The van der Waals surface area contributed by atoms with Gasteiger partial charge in [-0.2, -0.15) is 0 Å². The van der Waals surface area contributed by atoms with Gasteiger partial charge in [0, 0.05) is 10.6 Å². The van der Waals surface area contributed by atoms with Crippen LogP contribution in [0.2, 0.25) is 5.02 Å². The van der Waals surface area contributed by atoms with Gasteiger partial charge >= 0.3 is 0 Å². The molecule has 0 unspecified atom stereocenters. The number of carbonyl (C=O) groups is 2. The summed E-state index contributed by atoms with van der Waals surface area (Å²) in [6, 6.07) is 13.4. The number of halogens is 1. The molecule has 0 fully saturated rings. The van der Waals surface area contributed by atoms with Crippen LogP contribution in [-0.2, 0) is 4.79 Å². The third kappa shape index (κ3) is 4.46. The third-order valence-corrected chi connectivity index (χ3v) is 4.77. The molecule has 0 saturated carbocycles. The predicted octanol–water partition coefficient (Wildman–Crippen LogP) is 4.00. The molecule has 0 aliphatic rings. The van der Waals surface area contributed by atoms with E-state index in [1.807, 2.05) is 38.1 Å². The fourth-order valence-electron chi connectivity index (χ4n) is 2.73. The second-order valence-electron chi connectivity index (χ2n) is 6.44. The summed E-state index contributed by atoms with van der Waals surface area (Å²) in [7, 11) is 0. The van der Waals surface area contributed by atoms with Crippen LogP contribution in [0.15, 0.2) is 48.5 Å². The van der Waals surface area contributed by atoms with Crippen LogP contribution in [0.4, 0.5) is 5.95 Å². The summed E-state index contributed by atoms with van der Waals surface area (Å²) in [5, 5.41) is 6.14. The van der Waals surface area contributed by atoms with Crippen molar-refractivity contribution in [1.82, 2.24) is 15.3 Å². The van der Waals surface area contributed by atoms with E-state index in [2.05, 4.69) is 20.6 Å². The van der Waals surface area contributed by atoms with E-state index in [9.17, 15) is 9.59 Å². The first kappa shape index (κ1) is 18.9. The molecule has 0 aliphatic heterocycles. The van der Waals surface area contributed by atoms with E-state index in [4.69, 9.17) is 11.6 Å². The summed E-state index contributed by atoms with van der Waals surface area (Å²) < 4.78 is 0. The number of H-pyrrole nitrogens is 1. The minimum atomic E-state index is -0.689. The van der Waals surface area contributed by atoms with Crippen molar-refractivity contribution in [2.75, 3.05) is 5.32 Å². The molecule has 0 bridgehead atoms. The number of anilines is 1. The van der Waals surface area contributed by atoms with Crippen molar-refractivity contribution >= 4 is 40.4 Å². The van der Waals surface area contributed by atoms with Crippen molar-refractivity contribution < 1.29 is 9.59 Å². The van der Waals surface area contributed by atoms with Crippen LogP contribution in [0, 0.1) is 5.92 Å². The Hall–Kier alpha value is -2.86. The first-order chi connectivity index (χ1) is 13.0. The topological polar surface area (TPSA) is 86.9 Å². The Morgan fingerprint density at radius 3 is 2.52 bits per heavy atom. The van der Waals surface area contributed by atoms with Crippen molar-refractivity contribution in [3.05, 3.63) is 59.1 Å². The zero-order chi connectivity index (χ0) is 19.4. The summed E-state index contributed by atoms with van der Waals surface area (Å²) in [5.41, 5.74) is 2.04. The van der Waals surface area contributed by atoms with Gasteiger partial charge in [0.15, 0.2) is 0 Å². The number of aromatic nitrogens is 2. The van der Waals surface area contributed by atoms with Gasteiger partial charge in [-0.25, -0.2) is 4.98 Å². The smallest absolute Gasteiger partial charge is 0.251 e. The minimum Gasteiger partial charge on any atom is -0.340 e. The first-order valence-corrected chi connectivity index (χ1v) is 9.17. The summed E-state index contributed by atoms with van der Waals surface area (Å²) in [5.74, 6) is -0.330. The Kier molecular flexibility index (Phi) is 5.76. The van der Waals surface area contributed by atoms with Crippen molar-refractivity contribution in [3.63, 3.8) is 0 Å². The number of hydrogen-bond donors (Lipinski definition) is 3. The first-order valence-electron chi connectivity index (χ1n) is 8.80. The number of fused-ring (bicyclic) bond motifs is 1. The number of para-hydroxylation sites is 2. The van der Waals surface area contributed by atoms with Gasteiger partial charge in [0.1, 0.15) is 6.04 Å². The van der Waals surface area contributed by atoms with E-state index in [0.717, 1.165) is 17.5 Å². The number of aromatic amines is 1. The molecule has 27 heavy (non-hydrogen) atoms. The maximum Gasteiger partial charge on any atom is 0.251 e. The SMILES string of the molecule is CC[C@@H](C)[C@H](NC(=O)c1ccc(Cl)cc1)C(=O)Nc1nc2ccccc2[nH]1. The van der Waals surface area contributed by atoms with Gasteiger partial charge in [-0.3, -0.25) is 14.9 Å². The van der Waals surface area contributed by atoms with Gasteiger partial charge in [0.05, 0.1) is 11.0 Å². The standard InChI is InChI=1S/C20H21ClN4O2/c1-3-12(2)17(24-18(26)13-8-10-14(21)11-9-13)19(27)25-20-22-15-6-4-5-7-16(15)23-20/h4-12,17H,3H2,1-2H3,(H,24,26)(H2,22,23,25,27)/t12-,17+/m1/s1. The molecule has 140 valence electrons. The quantitative estimate of drug-likeness (QED) is 0.600. The number of amides is 2.